The molecule has 82 valence electrons. The lowest BCUT2D eigenvalue weighted by Crippen LogP contribution is -2.31. The van der Waals surface area contributed by atoms with Gasteiger partial charge in [-0.15, -0.1) is 0 Å². The highest BCUT2D eigenvalue weighted by atomic mass is 16.5. The Balaban J connectivity index is 1.98. The monoisotopic (exact) mass is 210 g/mol. The first kappa shape index (κ1) is 10.2. The van der Waals surface area contributed by atoms with E-state index < -0.39 is 6.10 Å². The van der Waals surface area contributed by atoms with Crippen LogP contribution in [0.1, 0.15) is 0 Å². The van der Waals surface area contributed by atoms with Gasteiger partial charge in [-0.25, -0.2) is 4.98 Å². The smallest absolute Gasteiger partial charge is 0.213 e. The lowest BCUT2D eigenvalue weighted by molar-refractivity contribution is 0.125. The highest BCUT2D eigenvalue weighted by Crippen LogP contribution is 2.15. The van der Waals surface area contributed by atoms with Crippen LogP contribution in [0.5, 0.6) is 5.88 Å². The summed E-state index contributed by atoms with van der Waals surface area (Å²) in [6.07, 6.45) is 1.22. The van der Waals surface area contributed by atoms with Crippen molar-refractivity contribution in [3.05, 3.63) is 18.3 Å². The Labute approximate surface area is 88.0 Å². The molecule has 0 aromatic carbocycles. The van der Waals surface area contributed by atoms with Gasteiger partial charge in [0.2, 0.25) is 5.88 Å². The normalized spacial score (nSPS) is 25.2. The van der Waals surface area contributed by atoms with Gasteiger partial charge in [-0.2, -0.15) is 0 Å². The minimum atomic E-state index is -0.452. The Morgan fingerprint density at radius 3 is 2.93 bits per heavy atom. The Morgan fingerprint density at radius 1 is 1.53 bits per heavy atom. The SMILES string of the molecule is COc1ccc(N[C@H]2COC[C@@H]2O)cn1. The molecule has 15 heavy (non-hydrogen) atoms. The molecule has 1 aromatic heterocycles. The molecule has 2 N–H and O–H groups in total. The van der Waals surface area contributed by atoms with Crippen molar-refractivity contribution >= 4 is 5.69 Å². The summed E-state index contributed by atoms with van der Waals surface area (Å²) in [6.45, 7) is 0.911. The molecule has 2 rings (SSSR count). The van der Waals surface area contributed by atoms with E-state index in [1.54, 1.807) is 19.4 Å². The molecule has 1 aliphatic heterocycles. The molecule has 0 saturated carbocycles. The Morgan fingerprint density at radius 2 is 2.40 bits per heavy atom. The zero-order valence-electron chi connectivity index (χ0n) is 8.51. The Kier molecular flexibility index (Phi) is 3.03. The second-order valence-electron chi connectivity index (χ2n) is 3.44. The molecule has 1 aliphatic rings. The first-order valence-corrected chi connectivity index (χ1v) is 4.82. The molecule has 0 bridgehead atoms. The number of rotatable bonds is 3. The molecule has 5 nitrogen and oxygen atoms in total. The molecule has 1 saturated heterocycles. The van der Waals surface area contributed by atoms with E-state index in [0.29, 0.717) is 19.1 Å². The minimum absolute atomic E-state index is 0.0554. The molecule has 0 radical (unpaired) electrons. The van der Waals surface area contributed by atoms with Crippen molar-refractivity contribution in [1.82, 2.24) is 4.98 Å². The van der Waals surface area contributed by atoms with E-state index in [0.717, 1.165) is 5.69 Å². The van der Waals surface area contributed by atoms with Gasteiger partial charge < -0.3 is 19.9 Å². The summed E-state index contributed by atoms with van der Waals surface area (Å²) < 4.78 is 10.1. The fraction of sp³-hybridized carbons (Fsp3) is 0.500. The molecule has 2 atom stereocenters. The number of pyridine rings is 1. The molecule has 0 amide bonds. The number of methoxy groups -OCH3 is 1. The standard InChI is InChI=1S/C10H14N2O3/c1-14-10-3-2-7(4-11-10)12-8-5-15-6-9(8)13/h2-4,8-9,12-13H,5-6H2,1H3/t8-,9-/m0/s1. The van der Waals surface area contributed by atoms with Crippen LogP contribution >= 0.6 is 0 Å². The van der Waals surface area contributed by atoms with Gasteiger partial charge in [0.15, 0.2) is 0 Å². The average Bonchev–Trinajstić information content (AvgIpc) is 2.66. The van der Waals surface area contributed by atoms with Gasteiger partial charge in [0.1, 0.15) is 0 Å². The summed E-state index contributed by atoms with van der Waals surface area (Å²) in [4.78, 5) is 4.06. The number of nitrogens with zero attached hydrogens (tertiary/aromatic N) is 1. The van der Waals surface area contributed by atoms with Crippen LogP contribution in [0, 0.1) is 0 Å². The number of aliphatic hydroxyl groups is 1. The molecule has 5 heteroatoms. The van der Waals surface area contributed by atoms with Crippen LogP contribution in [0.15, 0.2) is 18.3 Å². The molecule has 0 spiro atoms. The lowest BCUT2D eigenvalue weighted by atomic mass is 10.2. The Hall–Kier alpha value is -1.33. The van der Waals surface area contributed by atoms with Gasteiger partial charge in [-0.3, -0.25) is 0 Å². The summed E-state index contributed by atoms with van der Waals surface area (Å²) in [7, 11) is 1.57. The highest BCUT2D eigenvalue weighted by molar-refractivity contribution is 5.43. The zero-order chi connectivity index (χ0) is 10.7. The van der Waals surface area contributed by atoms with Crippen LogP contribution in [0.4, 0.5) is 5.69 Å². The van der Waals surface area contributed by atoms with Crippen LogP contribution in [0.2, 0.25) is 0 Å². The molecule has 0 unspecified atom stereocenters. The second kappa shape index (κ2) is 4.46. The third-order valence-corrected chi connectivity index (χ3v) is 2.35. The number of anilines is 1. The third kappa shape index (κ3) is 2.37. The van der Waals surface area contributed by atoms with E-state index in [1.807, 2.05) is 6.07 Å². The predicted molar refractivity (Wildman–Crippen MR) is 55.0 cm³/mol. The summed E-state index contributed by atoms with van der Waals surface area (Å²) in [5.41, 5.74) is 0.852. The van der Waals surface area contributed by atoms with Gasteiger partial charge in [0.25, 0.3) is 0 Å². The summed E-state index contributed by atoms with van der Waals surface area (Å²) in [5.74, 6) is 0.573. The maximum absolute atomic E-state index is 9.52. The maximum atomic E-state index is 9.52. The third-order valence-electron chi connectivity index (χ3n) is 2.35. The summed E-state index contributed by atoms with van der Waals surface area (Å²) >= 11 is 0. The fourth-order valence-electron chi connectivity index (χ4n) is 1.48. The zero-order valence-corrected chi connectivity index (χ0v) is 8.51. The van der Waals surface area contributed by atoms with Crippen molar-refractivity contribution in [1.29, 1.82) is 0 Å². The van der Waals surface area contributed by atoms with Crippen LogP contribution in [0.3, 0.4) is 0 Å². The number of hydrogen-bond donors (Lipinski definition) is 2. The van der Waals surface area contributed by atoms with E-state index in [4.69, 9.17) is 9.47 Å². The number of aliphatic hydroxyl groups excluding tert-OH is 1. The van der Waals surface area contributed by atoms with E-state index in [-0.39, 0.29) is 6.04 Å². The topological polar surface area (TPSA) is 63.6 Å². The predicted octanol–water partition coefficient (Wildman–Crippen LogP) is 0.262. The number of nitrogens with one attached hydrogen (secondary N) is 1. The summed E-state index contributed by atoms with van der Waals surface area (Å²) in [6, 6.07) is 3.57. The van der Waals surface area contributed by atoms with Crippen molar-refractivity contribution < 1.29 is 14.6 Å². The van der Waals surface area contributed by atoms with Crippen molar-refractivity contribution in [2.75, 3.05) is 25.6 Å². The quantitative estimate of drug-likeness (QED) is 0.749. The Bertz CT molecular complexity index is 315. The van der Waals surface area contributed by atoms with E-state index >= 15 is 0 Å². The van der Waals surface area contributed by atoms with Crippen LogP contribution in [0.25, 0.3) is 0 Å². The number of hydrogen-bond acceptors (Lipinski definition) is 5. The van der Waals surface area contributed by atoms with Crippen molar-refractivity contribution in [3.63, 3.8) is 0 Å². The van der Waals surface area contributed by atoms with Gasteiger partial charge in [-0.05, 0) is 6.07 Å². The molecule has 1 aromatic rings. The van der Waals surface area contributed by atoms with Crippen LogP contribution in [-0.4, -0.2) is 42.6 Å². The molecular formula is C10H14N2O3. The van der Waals surface area contributed by atoms with Gasteiger partial charge in [0, 0.05) is 6.07 Å². The van der Waals surface area contributed by atoms with Gasteiger partial charge in [0.05, 0.1) is 44.4 Å². The molecule has 1 fully saturated rings. The average molecular weight is 210 g/mol. The number of aromatic nitrogens is 1. The second-order valence-corrected chi connectivity index (χ2v) is 3.44. The van der Waals surface area contributed by atoms with Gasteiger partial charge >= 0.3 is 0 Å². The van der Waals surface area contributed by atoms with Crippen LogP contribution in [-0.2, 0) is 4.74 Å². The van der Waals surface area contributed by atoms with Gasteiger partial charge in [-0.1, -0.05) is 0 Å². The molecular weight excluding hydrogens is 196 g/mol. The largest absolute Gasteiger partial charge is 0.481 e. The van der Waals surface area contributed by atoms with Crippen molar-refractivity contribution in [3.8, 4) is 5.88 Å². The van der Waals surface area contributed by atoms with Crippen molar-refractivity contribution in [2.45, 2.75) is 12.1 Å². The van der Waals surface area contributed by atoms with E-state index in [9.17, 15) is 5.11 Å². The minimum Gasteiger partial charge on any atom is -0.481 e. The van der Waals surface area contributed by atoms with E-state index in [1.165, 1.54) is 0 Å². The summed E-state index contributed by atoms with van der Waals surface area (Å²) in [5, 5.41) is 12.7. The highest BCUT2D eigenvalue weighted by Gasteiger charge is 2.25. The van der Waals surface area contributed by atoms with E-state index in [2.05, 4.69) is 10.3 Å². The fourth-order valence-corrected chi connectivity index (χ4v) is 1.48. The first-order chi connectivity index (χ1) is 7.29. The lowest BCUT2D eigenvalue weighted by Gasteiger charge is -2.15. The maximum Gasteiger partial charge on any atom is 0.213 e. The number of ether oxygens (including phenoxy) is 2. The first-order valence-electron chi connectivity index (χ1n) is 4.82. The van der Waals surface area contributed by atoms with Crippen LogP contribution < -0.4 is 10.1 Å². The van der Waals surface area contributed by atoms with Crippen molar-refractivity contribution in [2.24, 2.45) is 0 Å². The molecule has 0 aliphatic carbocycles. The molecule has 2 heterocycles.